The topological polar surface area (TPSA) is 12.0 Å². The second-order valence-corrected chi connectivity index (χ2v) is 4.14. The lowest BCUT2D eigenvalue weighted by Crippen LogP contribution is -2.24. The van der Waals surface area contributed by atoms with Gasteiger partial charge in [0.15, 0.2) is 0 Å². The monoisotopic (exact) mass is 211 g/mol. The standard InChI is InChI=1S/C12H15F2N/c1-8-11(13)5-4-9(12(8)14)7-10-3-2-6-15-10/h4-5,10,15H,2-3,6-7H2,1H3. The molecule has 0 aromatic heterocycles. The number of hydrogen-bond donors (Lipinski definition) is 1. The number of hydrogen-bond acceptors (Lipinski definition) is 1. The first-order valence-corrected chi connectivity index (χ1v) is 5.35. The molecule has 0 radical (unpaired) electrons. The maximum absolute atomic E-state index is 13.6. The lowest BCUT2D eigenvalue weighted by Gasteiger charge is -2.12. The molecule has 15 heavy (non-hydrogen) atoms. The fraction of sp³-hybridized carbons (Fsp3) is 0.500. The molecule has 1 saturated heterocycles. The van der Waals surface area contributed by atoms with Crippen molar-refractivity contribution in [2.24, 2.45) is 0 Å². The molecule has 1 N–H and O–H groups in total. The van der Waals surface area contributed by atoms with E-state index in [1.165, 1.54) is 13.0 Å². The molecule has 0 amide bonds. The van der Waals surface area contributed by atoms with Crippen LogP contribution in [0.1, 0.15) is 24.0 Å². The van der Waals surface area contributed by atoms with Crippen molar-refractivity contribution in [2.75, 3.05) is 6.54 Å². The summed E-state index contributed by atoms with van der Waals surface area (Å²) in [6.45, 7) is 2.49. The molecule has 0 bridgehead atoms. The van der Waals surface area contributed by atoms with Gasteiger partial charge in [0.1, 0.15) is 11.6 Å². The van der Waals surface area contributed by atoms with E-state index < -0.39 is 5.82 Å². The second kappa shape index (κ2) is 4.27. The minimum Gasteiger partial charge on any atom is -0.314 e. The van der Waals surface area contributed by atoms with Crippen LogP contribution in [-0.4, -0.2) is 12.6 Å². The van der Waals surface area contributed by atoms with Crippen LogP contribution >= 0.6 is 0 Å². The number of nitrogens with one attached hydrogen (secondary N) is 1. The summed E-state index contributed by atoms with van der Waals surface area (Å²) in [5, 5.41) is 3.31. The van der Waals surface area contributed by atoms with Crippen LogP contribution in [0.5, 0.6) is 0 Å². The maximum atomic E-state index is 13.6. The van der Waals surface area contributed by atoms with E-state index in [0.717, 1.165) is 19.4 Å². The summed E-state index contributed by atoms with van der Waals surface area (Å²) in [5.41, 5.74) is 0.749. The molecule has 1 unspecified atom stereocenters. The predicted molar refractivity (Wildman–Crippen MR) is 55.8 cm³/mol. The van der Waals surface area contributed by atoms with Gasteiger partial charge < -0.3 is 5.32 Å². The molecule has 82 valence electrons. The molecule has 2 rings (SSSR count). The molecule has 1 atom stereocenters. The highest BCUT2D eigenvalue weighted by Gasteiger charge is 2.17. The number of rotatable bonds is 2. The summed E-state index contributed by atoms with van der Waals surface area (Å²) in [5.74, 6) is -0.848. The average Bonchev–Trinajstić information content (AvgIpc) is 2.72. The van der Waals surface area contributed by atoms with Crippen molar-refractivity contribution < 1.29 is 8.78 Å². The van der Waals surface area contributed by atoms with E-state index >= 15 is 0 Å². The van der Waals surface area contributed by atoms with Crippen LogP contribution in [-0.2, 0) is 6.42 Å². The van der Waals surface area contributed by atoms with E-state index in [1.54, 1.807) is 6.07 Å². The van der Waals surface area contributed by atoms with Gasteiger partial charge in [-0.25, -0.2) is 8.78 Å². The molecule has 1 aliphatic heterocycles. The molecule has 1 fully saturated rings. The van der Waals surface area contributed by atoms with Gasteiger partial charge in [-0.05, 0) is 44.4 Å². The summed E-state index contributed by atoms with van der Waals surface area (Å²) in [7, 11) is 0. The average molecular weight is 211 g/mol. The smallest absolute Gasteiger partial charge is 0.132 e. The van der Waals surface area contributed by atoms with Crippen molar-refractivity contribution in [3.63, 3.8) is 0 Å². The summed E-state index contributed by atoms with van der Waals surface area (Å²) in [6, 6.07) is 3.25. The third kappa shape index (κ3) is 2.17. The van der Waals surface area contributed by atoms with E-state index in [4.69, 9.17) is 0 Å². The Morgan fingerprint density at radius 3 is 2.87 bits per heavy atom. The summed E-state index contributed by atoms with van der Waals surface area (Å²) in [4.78, 5) is 0. The molecule has 1 aliphatic rings. The highest BCUT2D eigenvalue weighted by molar-refractivity contribution is 5.27. The molecule has 1 heterocycles. The van der Waals surface area contributed by atoms with E-state index in [-0.39, 0.29) is 11.4 Å². The third-order valence-corrected chi connectivity index (χ3v) is 3.03. The molecule has 1 nitrogen and oxygen atoms in total. The first-order valence-electron chi connectivity index (χ1n) is 5.35. The Kier molecular flexibility index (Phi) is 3.00. The first-order chi connectivity index (χ1) is 7.18. The first kappa shape index (κ1) is 10.6. The normalized spacial score (nSPS) is 20.9. The maximum Gasteiger partial charge on any atom is 0.132 e. The van der Waals surface area contributed by atoms with E-state index in [2.05, 4.69) is 5.32 Å². The summed E-state index contributed by atoms with van der Waals surface area (Å²) < 4.78 is 26.7. The van der Waals surface area contributed by atoms with Gasteiger partial charge in [0.05, 0.1) is 0 Å². The van der Waals surface area contributed by atoms with Crippen molar-refractivity contribution in [1.82, 2.24) is 5.32 Å². The van der Waals surface area contributed by atoms with Gasteiger partial charge in [-0.3, -0.25) is 0 Å². The minimum atomic E-state index is -0.462. The van der Waals surface area contributed by atoms with Gasteiger partial charge in [-0.2, -0.15) is 0 Å². The Labute approximate surface area is 88.5 Å². The van der Waals surface area contributed by atoms with Crippen LogP contribution in [0.15, 0.2) is 12.1 Å². The van der Waals surface area contributed by atoms with Gasteiger partial charge in [0.25, 0.3) is 0 Å². The molecule has 0 saturated carbocycles. The Morgan fingerprint density at radius 1 is 1.40 bits per heavy atom. The van der Waals surface area contributed by atoms with Crippen molar-refractivity contribution in [3.8, 4) is 0 Å². The van der Waals surface area contributed by atoms with Crippen molar-refractivity contribution >= 4 is 0 Å². The highest BCUT2D eigenvalue weighted by atomic mass is 19.1. The minimum absolute atomic E-state index is 0.130. The van der Waals surface area contributed by atoms with E-state index in [1.807, 2.05) is 0 Å². The third-order valence-electron chi connectivity index (χ3n) is 3.03. The fourth-order valence-corrected chi connectivity index (χ4v) is 2.07. The van der Waals surface area contributed by atoms with Crippen LogP contribution in [0.2, 0.25) is 0 Å². The Hall–Kier alpha value is -0.960. The second-order valence-electron chi connectivity index (χ2n) is 4.14. The summed E-state index contributed by atoms with van der Waals surface area (Å²) >= 11 is 0. The van der Waals surface area contributed by atoms with E-state index in [9.17, 15) is 8.78 Å². The zero-order valence-corrected chi connectivity index (χ0v) is 8.82. The van der Waals surface area contributed by atoms with Gasteiger partial charge in [0, 0.05) is 11.6 Å². The molecule has 1 aromatic carbocycles. The largest absolute Gasteiger partial charge is 0.314 e. The molecule has 1 aromatic rings. The van der Waals surface area contributed by atoms with Crippen LogP contribution in [0.25, 0.3) is 0 Å². The number of halogens is 2. The van der Waals surface area contributed by atoms with Gasteiger partial charge >= 0.3 is 0 Å². The van der Waals surface area contributed by atoms with Gasteiger partial charge in [-0.1, -0.05) is 6.07 Å². The lowest BCUT2D eigenvalue weighted by molar-refractivity contribution is 0.535. The molecular formula is C12H15F2N. The zero-order chi connectivity index (χ0) is 10.8. The van der Waals surface area contributed by atoms with Crippen LogP contribution in [0.4, 0.5) is 8.78 Å². The Morgan fingerprint density at radius 2 is 2.20 bits per heavy atom. The van der Waals surface area contributed by atoms with Gasteiger partial charge in [0.2, 0.25) is 0 Å². The van der Waals surface area contributed by atoms with E-state index in [0.29, 0.717) is 18.0 Å². The Balaban J connectivity index is 2.17. The quantitative estimate of drug-likeness (QED) is 0.792. The van der Waals surface area contributed by atoms with Gasteiger partial charge in [-0.15, -0.1) is 0 Å². The predicted octanol–water partition coefficient (Wildman–Crippen LogP) is 2.57. The van der Waals surface area contributed by atoms with Crippen molar-refractivity contribution in [2.45, 2.75) is 32.2 Å². The molecule has 3 heteroatoms. The van der Waals surface area contributed by atoms with Crippen molar-refractivity contribution in [1.29, 1.82) is 0 Å². The number of benzene rings is 1. The molecular weight excluding hydrogens is 196 g/mol. The highest BCUT2D eigenvalue weighted by Crippen LogP contribution is 2.19. The fourth-order valence-electron chi connectivity index (χ4n) is 2.07. The van der Waals surface area contributed by atoms with Crippen LogP contribution in [0, 0.1) is 18.6 Å². The Bertz CT molecular complexity index is 357. The SMILES string of the molecule is Cc1c(F)ccc(CC2CCCN2)c1F. The van der Waals surface area contributed by atoms with Crippen LogP contribution < -0.4 is 5.32 Å². The zero-order valence-electron chi connectivity index (χ0n) is 8.82. The van der Waals surface area contributed by atoms with Crippen LogP contribution in [0.3, 0.4) is 0 Å². The summed E-state index contributed by atoms with van der Waals surface area (Å²) in [6.07, 6.45) is 2.88. The lowest BCUT2D eigenvalue weighted by atomic mass is 10.0. The van der Waals surface area contributed by atoms with Crippen molar-refractivity contribution in [3.05, 3.63) is 34.9 Å². The molecule has 0 spiro atoms. The molecule has 0 aliphatic carbocycles.